The number of hydrogen-bond acceptors (Lipinski definition) is 4. The van der Waals surface area contributed by atoms with E-state index in [1.807, 2.05) is 37.4 Å². The van der Waals surface area contributed by atoms with Crippen molar-refractivity contribution in [1.82, 2.24) is 20.1 Å². The summed E-state index contributed by atoms with van der Waals surface area (Å²) in [7, 11) is 3.55. The molecule has 26 heavy (non-hydrogen) atoms. The van der Waals surface area contributed by atoms with E-state index in [4.69, 9.17) is 4.74 Å². The highest BCUT2D eigenvalue weighted by Crippen LogP contribution is 2.12. The van der Waals surface area contributed by atoms with Crippen LogP contribution in [0.1, 0.15) is 5.56 Å². The van der Waals surface area contributed by atoms with Crippen LogP contribution in [-0.2, 0) is 18.3 Å². The van der Waals surface area contributed by atoms with E-state index in [0.717, 1.165) is 55.9 Å². The van der Waals surface area contributed by atoms with Gasteiger partial charge >= 0.3 is 0 Å². The summed E-state index contributed by atoms with van der Waals surface area (Å²) in [6.45, 7) is 5.74. The van der Waals surface area contributed by atoms with Gasteiger partial charge in [0.25, 0.3) is 5.56 Å². The van der Waals surface area contributed by atoms with Crippen molar-refractivity contribution < 1.29 is 4.74 Å². The molecular weight excluding hydrogens is 330 g/mol. The highest BCUT2D eigenvalue weighted by Gasteiger charge is 2.10. The first kappa shape index (κ1) is 18.4. The Morgan fingerprint density at radius 2 is 2.00 bits per heavy atom. The van der Waals surface area contributed by atoms with Crippen molar-refractivity contribution in [2.24, 2.45) is 12.0 Å². The van der Waals surface area contributed by atoms with Crippen molar-refractivity contribution in [3.63, 3.8) is 0 Å². The number of pyridine rings is 1. The van der Waals surface area contributed by atoms with Crippen LogP contribution in [0.25, 0.3) is 10.9 Å². The Morgan fingerprint density at radius 3 is 2.77 bits per heavy atom. The number of benzene rings is 1. The molecule has 0 unspecified atom stereocenters. The van der Waals surface area contributed by atoms with Crippen molar-refractivity contribution in [3.8, 4) is 0 Å². The molecule has 0 amide bonds. The molecule has 7 nitrogen and oxygen atoms in total. The van der Waals surface area contributed by atoms with E-state index in [1.54, 1.807) is 11.6 Å². The lowest BCUT2D eigenvalue weighted by Gasteiger charge is -2.26. The van der Waals surface area contributed by atoms with E-state index in [-0.39, 0.29) is 5.56 Å². The molecule has 1 saturated heterocycles. The predicted octanol–water partition coefficient (Wildman–Crippen LogP) is 0.536. The molecule has 1 aromatic carbocycles. The third kappa shape index (κ3) is 4.42. The van der Waals surface area contributed by atoms with Gasteiger partial charge in [0.15, 0.2) is 5.96 Å². The fraction of sp³-hybridized carbons (Fsp3) is 0.474. The summed E-state index contributed by atoms with van der Waals surface area (Å²) in [5.74, 6) is 0.702. The van der Waals surface area contributed by atoms with Crippen LogP contribution in [0.4, 0.5) is 0 Å². The number of aromatic nitrogens is 1. The van der Waals surface area contributed by atoms with Crippen molar-refractivity contribution >= 4 is 16.9 Å². The summed E-state index contributed by atoms with van der Waals surface area (Å²) in [6, 6.07) is 9.86. The fourth-order valence-corrected chi connectivity index (χ4v) is 3.17. The maximum absolute atomic E-state index is 12.5. The number of rotatable bonds is 5. The smallest absolute Gasteiger partial charge is 0.255 e. The van der Waals surface area contributed by atoms with Gasteiger partial charge in [0.2, 0.25) is 0 Å². The predicted molar refractivity (Wildman–Crippen MR) is 105 cm³/mol. The fourth-order valence-electron chi connectivity index (χ4n) is 3.17. The highest BCUT2D eigenvalue weighted by atomic mass is 16.5. The maximum Gasteiger partial charge on any atom is 0.255 e. The van der Waals surface area contributed by atoms with Crippen LogP contribution in [-0.4, -0.2) is 61.9 Å². The van der Waals surface area contributed by atoms with E-state index < -0.39 is 0 Å². The molecule has 0 aliphatic carbocycles. The average molecular weight is 357 g/mol. The van der Waals surface area contributed by atoms with Crippen LogP contribution in [0.3, 0.4) is 0 Å². The molecule has 1 aliphatic rings. The Labute approximate surface area is 153 Å². The average Bonchev–Trinajstić information content (AvgIpc) is 2.69. The van der Waals surface area contributed by atoms with Crippen LogP contribution in [0, 0.1) is 0 Å². The Bertz CT molecular complexity index is 824. The number of nitrogens with one attached hydrogen (secondary N) is 2. The number of nitrogens with zero attached hydrogens (tertiary/aromatic N) is 3. The first-order valence-corrected chi connectivity index (χ1v) is 9.01. The first-order valence-electron chi connectivity index (χ1n) is 9.01. The van der Waals surface area contributed by atoms with Gasteiger partial charge in [-0.2, -0.15) is 0 Å². The largest absolute Gasteiger partial charge is 0.379 e. The molecule has 140 valence electrons. The lowest BCUT2D eigenvalue weighted by Crippen LogP contribution is -2.44. The standard InChI is InChI=1S/C19H27N5O2/c1-20-19(21-7-8-24-9-11-26-12-10-24)22-14-16-13-15-5-3-4-6-17(15)23(2)18(16)25/h3-6,13H,7-12,14H2,1-2H3,(H2,20,21,22). The van der Waals surface area contributed by atoms with Crippen LogP contribution in [0.15, 0.2) is 40.1 Å². The van der Waals surface area contributed by atoms with E-state index in [0.29, 0.717) is 12.5 Å². The molecule has 1 fully saturated rings. The molecule has 0 atom stereocenters. The number of morpholine rings is 1. The van der Waals surface area contributed by atoms with Gasteiger partial charge in [-0.1, -0.05) is 18.2 Å². The molecule has 1 aromatic heterocycles. The third-order valence-corrected chi connectivity index (χ3v) is 4.70. The normalized spacial score (nSPS) is 16.0. The Morgan fingerprint density at radius 1 is 1.23 bits per heavy atom. The Kier molecular flexibility index (Phi) is 6.25. The summed E-state index contributed by atoms with van der Waals surface area (Å²) in [4.78, 5) is 19.2. The molecule has 1 aliphatic heterocycles. The van der Waals surface area contributed by atoms with Crippen LogP contribution < -0.4 is 16.2 Å². The number of hydrogen-bond donors (Lipinski definition) is 2. The number of aryl methyl sites for hydroxylation is 1. The van der Waals surface area contributed by atoms with Gasteiger partial charge in [-0.15, -0.1) is 0 Å². The van der Waals surface area contributed by atoms with Gasteiger partial charge in [0, 0.05) is 52.4 Å². The quantitative estimate of drug-likeness (QED) is 0.604. The first-order chi connectivity index (χ1) is 12.7. The summed E-state index contributed by atoms with van der Waals surface area (Å²) >= 11 is 0. The SMILES string of the molecule is CN=C(NCCN1CCOCC1)NCc1cc2ccccc2n(C)c1=O. The molecule has 2 heterocycles. The highest BCUT2D eigenvalue weighted by molar-refractivity contribution is 5.81. The van der Waals surface area contributed by atoms with Crippen molar-refractivity contribution in [2.45, 2.75) is 6.54 Å². The minimum Gasteiger partial charge on any atom is -0.379 e. The number of fused-ring (bicyclic) bond motifs is 1. The van der Waals surface area contributed by atoms with Crippen LogP contribution >= 0.6 is 0 Å². The minimum atomic E-state index is 0.0139. The van der Waals surface area contributed by atoms with Crippen LogP contribution in [0.2, 0.25) is 0 Å². The molecule has 2 aromatic rings. The maximum atomic E-state index is 12.5. The van der Waals surface area contributed by atoms with Gasteiger partial charge in [0.1, 0.15) is 0 Å². The molecule has 0 spiro atoms. The lowest BCUT2D eigenvalue weighted by atomic mass is 10.1. The van der Waals surface area contributed by atoms with Gasteiger partial charge in [-0.25, -0.2) is 0 Å². The van der Waals surface area contributed by atoms with Crippen molar-refractivity contribution in [1.29, 1.82) is 0 Å². The minimum absolute atomic E-state index is 0.0139. The monoisotopic (exact) mass is 357 g/mol. The third-order valence-electron chi connectivity index (χ3n) is 4.70. The van der Waals surface area contributed by atoms with E-state index in [1.165, 1.54) is 0 Å². The second-order valence-electron chi connectivity index (χ2n) is 6.40. The van der Waals surface area contributed by atoms with Gasteiger partial charge in [0.05, 0.1) is 18.7 Å². The van der Waals surface area contributed by atoms with Gasteiger partial charge < -0.3 is 19.9 Å². The second-order valence-corrected chi connectivity index (χ2v) is 6.40. The zero-order valence-electron chi connectivity index (χ0n) is 15.5. The second kappa shape index (κ2) is 8.82. The Hall–Kier alpha value is -2.38. The number of para-hydroxylation sites is 1. The Balaban J connectivity index is 1.57. The van der Waals surface area contributed by atoms with Crippen LogP contribution in [0.5, 0.6) is 0 Å². The van der Waals surface area contributed by atoms with Gasteiger partial charge in [-0.05, 0) is 17.5 Å². The van der Waals surface area contributed by atoms with E-state index in [2.05, 4.69) is 20.5 Å². The van der Waals surface area contributed by atoms with Gasteiger partial charge in [-0.3, -0.25) is 14.7 Å². The van der Waals surface area contributed by atoms with Crippen molar-refractivity contribution in [2.75, 3.05) is 46.4 Å². The number of guanidine groups is 1. The summed E-state index contributed by atoms with van der Waals surface area (Å²) in [5, 5.41) is 7.60. The van der Waals surface area contributed by atoms with E-state index >= 15 is 0 Å². The topological polar surface area (TPSA) is 70.9 Å². The molecule has 3 rings (SSSR count). The number of ether oxygens (including phenoxy) is 1. The molecule has 0 saturated carbocycles. The van der Waals surface area contributed by atoms with E-state index in [9.17, 15) is 4.79 Å². The molecule has 7 heteroatoms. The molecule has 2 N–H and O–H groups in total. The zero-order chi connectivity index (χ0) is 18.4. The summed E-state index contributed by atoms with van der Waals surface area (Å²) < 4.78 is 7.05. The molecule has 0 radical (unpaired) electrons. The molecule has 0 bridgehead atoms. The molecular formula is C19H27N5O2. The lowest BCUT2D eigenvalue weighted by molar-refractivity contribution is 0.0389. The summed E-state index contributed by atoms with van der Waals surface area (Å²) in [6.07, 6.45) is 0. The summed E-state index contributed by atoms with van der Waals surface area (Å²) in [5.41, 5.74) is 1.68. The number of aliphatic imine (C=N–C) groups is 1. The van der Waals surface area contributed by atoms with Crippen molar-refractivity contribution in [3.05, 3.63) is 46.2 Å². The zero-order valence-corrected chi connectivity index (χ0v) is 15.5.